The third-order valence-electron chi connectivity index (χ3n) is 4.83. The molecule has 27 heavy (non-hydrogen) atoms. The van der Waals surface area contributed by atoms with Gasteiger partial charge in [0.1, 0.15) is 11.5 Å². The number of ether oxygens (including phenoxy) is 2. The number of nitrogens with zero attached hydrogens (tertiary/aromatic N) is 2. The summed E-state index contributed by atoms with van der Waals surface area (Å²) in [6.45, 7) is 4.67. The smallest absolute Gasteiger partial charge is 0.303 e. The van der Waals surface area contributed by atoms with Crippen molar-refractivity contribution >= 4 is 12.1 Å². The highest BCUT2D eigenvalue weighted by Gasteiger charge is 2.44. The number of rotatable bonds is 6. The summed E-state index contributed by atoms with van der Waals surface area (Å²) in [5, 5.41) is 6.13. The summed E-state index contributed by atoms with van der Waals surface area (Å²) in [5.41, 5.74) is 1.95. The van der Waals surface area contributed by atoms with Crippen LogP contribution in [0.25, 0.3) is 0 Å². The number of hydrogen-bond acceptors (Lipinski definition) is 4. The summed E-state index contributed by atoms with van der Waals surface area (Å²) in [5.74, 6) is 1.60. The van der Waals surface area contributed by atoms with E-state index in [-0.39, 0.29) is 12.1 Å². The first-order chi connectivity index (χ1) is 13.0. The molecule has 6 nitrogen and oxygen atoms in total. The molecule has 0 aromatic heterocycles. The van der Waals surface area contributed by atoms with Crippen LogP contribution in [0.15, 0.2) is 53.6 Å². The Balaban J connectivity index is 1.89. The van der Waals surface area contributed by atoms with E-state index in [9.17, 15) is 4.79 Å². The Bertz CT molecular complexity index is 800. The average Bonchev–Trinajstić information content (AvgIpc) is 3.03. The highest BCUT2D eigenvalue weighted by molar-refractivity contribution is 5.83. The quantitative estimate of drug-likeness (QED) is 0.792. The topological polar surface area (TPSA) is 55.6 Å². The average molecular weight is 368 g/mol. The molecule has 0 saturated carbocycles. The molecule has 1 aliphatic rings. The van der Waals surface area contributed by atoms with Gasteiger partial charge in [-0.1, -0.05) is 0 Å². The van der Waals surface area contributed by atoms with E-state index < -0.39 is 0 Å². The molecule has 2 aromatic rings. The van der Waals surface area contributed by atoms with Crippen molar-refractivity contribution in [2.75, 3.05) is 20.8 Å². The molecule has 1 amide bonds. The van der Waals surface area contributed by atoms with Gasteiger partial charge in [-0.2, -0.15) is 10.1 Å². The van der Waals surface area contributed by atoms with Gasteiger partial charge in [-0.3, -0.25) is 4.79 Å². The van der Waals surface area contributed by atoms with Crippen LogP contribution >= 0.6 is 0 Å². The van der Waals surface area contributed by atoms with Crippen LogP contribution in [0.3, 0.4) is 0 Å². The van der Waals surface area contributed by atoms with Crippen LogP contribution in [0.4, 0.5) is 0 Å². The predicted molar refractivity (Wildman–Crippen MR) is 104 cm³/mol. The summed E-state index contributed by atoms with van der Waals surface area (Å²) in [6, 6.07) is 15.7. The lowest BCUT2D eigenvalue weighted by atomic mass is 10.1. The van der Waals surface area contributed by atoms with Crippen LogP contribution in [0.5, 0.6) is 11.5 Å². The van der Waals surface area contributed by atoms with Gasteiger partial charge in [0.15, 0.2) is 6.54 Å². The lowest BCUT2D eigenvalue weighted by Crippen LogP contribution is -3.14. The van der Waals surface area contributed by atoms with Crippen LogP contribution in [-0.2, 0) is 4.79 Å². The Morgan fingerprint density at radius 2 is 1.59 bits per heavy atom. The minimum absolute atomic E-state index is 0.0179. The first-order valence-electron chi connectivity index (χ1n) is 9.03. The van der Waals surface area contributed by atoms with Gasteiger partial charge in [-0.05, 0) is 67.9 Å². The zero-order valence-electron chi connectivity index (χ0n) is 16.2. The highest BCUT2D eigenvalue weighted by Crippen LogP contribution is 2.22. The largest absolute Gasteiger partial charge is 0.497 e. The Morgan fingerprint density at radius 1 is 1.04 bits per heavy atom. The maximum Gasteiger partial charge on any atom is 0.303 e. The molecule has 2 atom stereocenters. The van der Waals surface area contributed by atoms with Crippen LogP contribution in [0, 0.1) is 0 Å². The van der Waals surface area contributed by atoms with Crippen molar-refractivity contribution in [1.29, 1.82) is 0 Å². The van der Waals surface area contributed by atoms with Crippen molar-refractivity contribution < 1.29 is 19.2 Å². The van der Waals surface area contributed by atoms with Crippen molar-refractivity contribution in [3.63, 3.8) is 0 Å². The molecule has 0 aliphatic carbocycles. The number of quaternary nitrogens is 1. The Morgan fingerprint density at radius 3 is 2.11 bits per heavy atom. The van der Waals surface area contributed by atoms with E-state index in [0.29, 0.717) is 12.6 Å². The van der Waals surface area contributed by atoms with Crippen LogP contribution in [0.1, 0.15) is 31.1 Å². The second-order valence-electron chi connectivity index (χ2n) is 6.84. The fourth-order valence-corrected chi connectivity index (χ4v) is 3.26. The summed E-state index contributed by atoms with van der Waals surface area (Å²) < 4.78 is 10.4. The molecule has 1 N–H and O–H groups in total. The van der Waals surface area contributed by atoms with E-state index >= 15 is 0 Å². The number of hydrazone groups is 1. The fraction of sp³-hybridized carbons (Fsp3) is 0.333. The molecule has 0 spiro atoms. The number of benzene rings is 2. The van der Waals surface area contributed by atoms with Crippen molar-refractivity contribution in [2.45, 2.75) is 26.1 Å². The van der Waals surface area contributed by atoms with Crippen LogP contribution in [0.2, 0.25) is 0 Å². The molecule has 6 heteroatoms. The molecule has 1 aliphatic heterocycles. The fourth-order valence-electron chi connectivity index (χ4n) is 3.26. The lowest BCUT2D eigenvalue weighted by molar-refractivity contribution is -0.944. The number of nitrogens with one attached hydrogen (secondary N) is 1. The normalized spacial score (nSPS) is 19.9. The van der Waals surface area contributed by atoms with Gasteiger partial charge < -0.3 is 14.4 Å². The van der Waals surface area contributed by atoms with E-state index in [1.807, 2.05) is 48.5 Å². The second-order valence-corrected chi connectivity index (χ2v) is 6.84. The van der Waals surface area contributed by atoms with Gasteiger partial charge in [0.2, 0.25) is 6.17 Å². The lowest BCUT2D eigenvalue weighted by Gasteiger charge is -2.26. The first-order valence-corrected chi connectivity index (χ1v) is 9.03. The number of carbonyl (C=O) groups is 1. The summed E-state index contributed by atoms with van der Waals surface area (Å²) in [7, 11) is 3.28. The monoisotopic (exact) mass is 368 g/mol. The van der Waals surface area contributed by atoms with E-state index in [1.165, 1.54) is 4.90 Å². The first kappa shape index (κ1) is 18.9. The maximum atomic E-state index is 12.7. The third kappa shape index (κ3) is 4.11. The standard InChI is InChI=1S/C21H25N3O3/c1-15(2)23-14-20(25)24(21(23)17-7-11-19(27-4)12-8-17)22-13-16-5-9-18(26-3)10-6-16/h5-13,15,21H,14H2,1-4H3/p+1/b22-13-/t21-/m1/s1. The Labute approximate surface area is 160 Å². The van der Waals surface area contributed by atoms with Gasteiger partial charge in [0, 0.05) is 5.56 Å². The van der Waals surface area contributed by atoms with Crippen LogP contribution < -0.4 is 14.4 Å². The molecule has 1 fully saturated rings. The second kappa shape index (κ2) is 8.22. The van der Waals surface area contributed by atoms with Gasteiger partial charge >= 0.3 is 5.91 Å². The van der Waals surface area contributed by atoms with Crippen molar-refractivity contribution in [1.82, 2.24) is 5.01 Å². The van der Waals surface area contributed by atoms with Gasteiger partial charge in [-0.15, -0.1) is 0 Å². The molecule has 3 rings (SSSR count). The third-order valence-corrected chi connectivity index (χ3v) is 4.83. The van der Waals surface area contributed by atoms with Gasteiger partial charge in [-0.25, -0.2) is 0 Å². The number of carbonyl (C=O) groups excluding carboxylic acids is 1. The molecule has 142 valence electrons. The minimum Gasteiger partial charge on any atom is -0.497 e. The SMILES string of the molecule is COc1ccc(/C=N\N2C(=O)C[NH+](C(C)C)[C@H]2c2ccc(OC)cc2)cc1. The highest BCUT2D eigenvalue weighted by atomic mass is 16.5. The molecule has 1 unspecified atom stereocenters. The number of methoxy groups -OCH3 is 2. The van der Waals surface area contributed by atoms with E-state index in [4.69, 9.17) is 9.47 Å². The zero-order chi connectivity index (χ0) is 19.4. The minimum atomic E-state index is -0.155. The maximum absolute atomic E-state index is 12.7. The molecule has 1 heterocycles. The summed E-state index contributed by atoms with van der Waals surface area (Å²) in [4.78, 5) is 13.8. The molecule has 1 saturated heterocycles. The van der Waals surface area contributed by atoms with Crippen LogP contribution in [-0.4, -0.2) is 43.9 Å². The van der Waals surface area contributed by atoms with Crippen molar-refractivity contribution in [2.24, 2.45) is 5.10 Å². The van der Waals surface area contributed by atoms with E-state index in [1.54, 1.807) is 25.4 Å². The Hall–Kier alpha value is -2.86. The summed E-state index contributed by atoms with van der Waals surface area (Å²) in [6.07, 6.45) is 1.56. The molecule has 0 radical (unpaired) electrons. The van der Waals surface area contributed by atoms with Crippen molar-refractivity contribution in [3.8, 4) is 11.5 Å². The molecular formula is C21H26N3O3+. The van der Waals surface area contributed by atoms with Gasteiger partial charge in [0.25, 0.3) is 0 Å². The Kier molecular flexibility index (Phi) is 5.76. The number of amides is 1. The number of hydrogen-bond donors (Lipinski definition) is 1. The molecular weight excluding hydrogens is 342 g/mol. The van der Waals surface area contributed by atoms with E-state index in [0.717, 1.165) is 22.6 Å². The molecule has 0 bridgehead atoms. The molecule has 2 aromatic carbocycles. The predicted octanol–water partition coefficient (Wildman–Crippen LogP) is 1.87. The van der Waals surface area contributed by atoms with E-state index in [2.05, 4.69) is 18.9 Å². The zero-order valence-corrected chi connectivity index (χ0v) is 16.2. The van der Waals surface area contributed by atoms with Gasteiger partial charge in [0.05, 0.1) is 26.5 Å². The van der Waals surface area contributed by atoms with Crippen molar-refractivity contribution in [3.05, 3.63) is 59.7 Å². The summed E-state index contributed by atoms with van der Waals surface area (Å²) >= 11 is 0.